The fourth-order valence-electron chi connectivity index (χ4n) is 6.32. The van der Waals surface area contributed by atoms with Gasteiger partial charge in [-0.2, -0.15) is 0 Å². The van der Waals surface area contributed by atoms with Gasteiger partial charge in [0.1, 0.15) is 10.0 Å². The maximum absolute atomic E-state index is 5.17. The molecule has 230 valence electrons. The quantitative estimate of drug-likeness (QED) is 0.181. The second kappa shape index (κ2) is 11.5. The van der Waals surface area contributed by atoms with Crippen LogP contribution in [0.2, 0.25) is 0 Å². The number of fused-ring (bicyclic) bond motifs is 5. The predicted octanol–water partition coefficient (Wildman–Crippen LogP) is 11.8. The fraction of sp³-hybridized carbons (Fsp3) is 0. The van der Waals surface area contributed by atoms with Crippen LogP contribution >= 0.6 is 34.0 Å². The van der Waals surface area contributed by atoms with E-state index in [1.165, 1.54) is 24.2 Å². The Morgan fingerprint density at radius 3 is 1.47 bits per heavy atom. The lowest BCUT2D eigenvalue weighted by Gasteiger charge is -2.10. The fourth-order valence-corrected chi connectivity index (χ4v) is 9.44. The second-order valence-electron chi connectivity index (χ2n) is 11.7. The van der Waals surface area contributed by atoms with E-state index >= 15 is 0 Å². The van der Waals surface area contributed by atoms with Crippen LogP contribution in [0.1, 0.15) is 0 Å². The van der Waals surface area contributed by atoms with Gasteiger partial charge in [-0.3, -0.25) is 0 Å². The van der Waals surface area contributed by atoms with Crippen molar-refractivity contribution in [1.82, 2.24) is 24.9 Å². The first-order chi connectivity index (χ1) is 24.2. The lowest BCUT2D eigenvalue weighted by molar-refractivity contribution is 1.08. The Morgan fingerprint density at radius 1 is 0.306 bits per heavy atom. The van der Waals surface area contributed by atoms with Crippen LogP contribution in [-0.4, -0.2) is 24.9 Å². The lowest BCUT2D eigenvalue weighted by Crippen LogP contribution is -2.00. The number of rotatable bonds is 5. The summed E-state index contributed by atoms with van der Waals surface area (Å²) in [7, 11) is 0. The number of nitrogens with zero attached hydrogens (tertiary/aromatic N) is 5. The molecule has 4 heterocycles. The van der Waals surface area contributed by atoms with Gasteiger partial charge in [-0.15, -0.1) is 34.0 Å². The molecule has 49 heavy (non-hydrogen) atoms. The van der Waals surface area contributed by atoms with Gasteiger partial charge in [0.05, 0.1) is 20.4 Å². The van der Waals surface area contributed by atoms with Crippen molar-refractivity contribution in [2.45, 2.75) is 0 Å². The number of hydrogen-bond acceptors (Lipinski definition) is 8. The minimum absolute atomic E-state index is 0.627. The average molecular weight is 682 g/mol. The van der Waals surface area contributed by atoms with Gasteiger partial charge in [0.25, 0.3) is 0 Å². The van der Waals surface area contributed by atoms with Crippen molar-refractivity contribution in [3.8, 4) is 55.3 Å². The van der Waals surface area contributed by atoms with Gasteiger partial charge in [0, 0.05) is 48.0 Å². The van der Waals surface area contributed by atoms with E-state index in [0.717, 1.165) is 54.3 Å². The molecule has 10 rings (SSSR count). The van der Waals surface area contributed by atoms with Gasteiger partial charge in [-0.25, -0.2) is 24.9 Å². The summed E-state index contributed by atoms with van der Waals surface area (Å²) in [4.78, 5) is 25.2. The maximum atomic E-state index is 5.17. The van der Waals surface area contributed by atoms with Crippen molar-refractivity contribution in [2.24, 2.45) is 0 Å². The van der Waals surface area contributed by atoms with Crippen LogP contribution in [0.15, 0.2) is 140 Å². The molecule has 0 aliphatic carbocycles. The minimum Gasteiger partial charge on any atom is -0.236 e. The number of hydrogen-bond donors (Lipinski definition) is 0. The summed E-state index contributed by atoms with van der Waals surface area (Å²) in [6.07, 6.45) is 0. The van der Waals surface area contributed by atoms with E-state index in [4.69, 9.17) is 24.9 Å². The Kier molecular flexibility index (Phi) is 6.65. The molecule has 0 spiro atoms. The van der Waals surface area contributed by atoms with E-state index in [-0.39, 0.29) is 0 Å². The molecule has 4 aromatic heterocycles. The summed E-state index contributed by atoms with van der Waals surface area (Å²) in [5.41, 5.74) is 7.06. The van der Waals surface area contributed by atoms with Crippen LogP contribution in [0.3, 0.4) is 0 Å². The van der Waals surface area contributed by atoms with Crippen LogP contribution in [0.25, 0.3) is 95.9 Å². The highest BCUT2D eigenvalue weighted by Gasteiger charge is 2.20. The largest absolute Gasteiger partial charge is 0.236 e. The Morgan fingerprint density at radius 2 is 0.796 bits per heavy atom. The third-order valence-electron chi connectivity index (χ3n) is 8.64. The van der Waals surface area contributed by atoms with Gasteiger partial charge < -0.3 is 0 Å². The Bertz CT molecular complexity index is 2770. The third-order valence-corrected chi connectivity index (χ3v) is 11.9. The normalized spacial score (nSPS) is 11.7. The van der Waals surface area contributed by atoms with Crippen LogP contribution in [0.5, 0.6) is 0 Å². The molecule has 0 aliphatic heterocycles. The molecule has 0 atom stereocenters. The maximum Gasteiger partial charge on any atom is 0.164 e. The molecule has 6 aromatic carbocycles. The van der Waals surface area contributed by atoms with Gasteiger partial charge in [0.2, 0.25) is 0 Å². The molecule has 0 N–H and O–H groups in total. The number of thiazole rings is 2. The zero-order chi connectivity index (χ0) is 32.3. The van der Waals surface area contributed by atoms with Crippen molar-refractivity contribution >= 4 is 74.6 Å². The summed E-state index contributed by atoms with van der Waals surface area (Å²) in [6, 6.07) is 48.0. The Labute approximate surface area is 292 Å². The van der Waals surface area contributed by atoms with Crippen LogP contribution < -0.4 is 0 Å². The smallest absolute Gasteiger partial charge is 0.164 e. The number of benzene rings is 6. The van der Waals surface area contributed by atoms with Crippen LogP contribution in [0.4, 0.5) is 0 Å². The highest BCUT2D eigenvalue weighted by molar-refractivity contribution is 7.26. The zero-order valence-corrected chi connectivity index (χ0v) is 28.2. The first-order valence-corrected chi connectivity index (χ1v) is 18.3. The molecule has 0 aliphatic rings. The summed E-state index contributed by atoms with van der Waals surface area (Å²) < 4.78 is 4.75. The summed E-state index contributed by atoms with van der Waals surface area (Å²) in [5.74, 6) is 1.91. The predicted molar refractivity (Wildman–Crippen MR) is 206 cm³/mol. The molecule has 0 saturated carbocycles. The molecule has 0 bridgehead atoms. The van der Waals surface area contributed by atoms with Crippen molar-refractivity contribution in [2.75, 3.05) is 0 Å². The van der Waals surface area contributed by atoms with Crippen molar-refractivity contribution in [3.63, 3.8) is 0 Å². The minimum atomic E-state index is 0.627. The van der Waals surface area contributed by atoms with E-state index in [9.17, 15) is 0 Å². The first-order valence-electron chi connectivity index (χ1n) is 15.8. The number of thiophene rings is 1. The van der Waals surface area contributed by atoms with E-state index in [1.54, 1.807) is 34.0 Å². The Hall–Kier alpha value is -5.67. The lowest BCUT2D eigenvalue weighted by atomic mass is 10.0. The second-order valence-corrected chi connectivity index (χ2v) is 14.8. The molecule has 0 radical (unpaired) electrons. The standard InChI is InChI=1S/C41H23N5S3/c1-2-10-24(11-3-1)37-44-38(25-20-22-26(23-21-25)40-42-29-14-4-6-16-31(29)48-40)46-39(45-37)27-12-8-18-33-35(27)36-28(13-9-19-34(36)47-33)41-43-30-15-5-7-17-32(30)49-41/h1-23H. The van der Waals surface area contributed by atoms with Crippen molar-refractivity contribution in [3.05, 3.63) is 140 Å². The first kappa shape index (κ1) is 28.4. The van der Waals surface area contributed by atoms with E-state index < -0.39 is 0 Å². The topological polar surface area (TPSA) is 64.5 Å². The highest BCUT2D eigenvalue weighted by Crippen LogP contribution is 2.45. The highest BCUT2D eigenvalue weighted by atomic mass is 32.1. The van der Waals surface area contributed by atoms with Gasteiger partial charge >= 0.3 is 0 Å². The molecule has 0 fully saturated rings. The zero-order valence-electron chi connectivity index (χ0n) is 25.7. The van der Waals surface area contributed by atoms with E-state index in [2.05, 4.69) is 97.1 Å². The van der Waals surface area contributed by atoms with Crippen molar-refractivity contribution < 1.29 is 0 Å². The molecule has 5 nitrogen and oxygen atoms in total. The average Bonchev–Trinajstić information content (AvgIpc) is 3.90. The molecular weight excluding hydrogens is 659 g/mol. The molecule has 0 unspecified atom stereocenters. The van der Waals surface area contributed by atoms with Crippen LogP contribution in [-0.2, 0) is 0 Å². The number of aromatic nitrogens is 5. The summed E-state index contributed by atoms with van der Waals surface area (Å²) >= 11 is 5.22. The van der Waals surface area contributed by atoms with E-state index in [1.807, 2.05) is 42.5 Å². The monoisotopic (exact) mass is 681 g/mol. The van der Waals surface area contributed by atoms with E-state index in [0.29, 0.717) is 17.5 Å². The molecule has 0 amide bonds. The van der Waals surface area contributed by atoms with Crippen molar-refractivity contribution in [1.29, 1.82) is 0 Å². The summed E-state index contributed by atoms with van der Waals surface area (Å²) in [6.45, 7) is 0. The third kappa shape index (κ3) is 4.92. The molecule has 0 saturated heterocycles. The summed E-state index contributed by atoms with van der Waals surface area (Å²) in [5, 5.41) is 4.32. The molecule has 8 heteroatoms. The SMILES string of the molecule is c1ccc(-c2nc(-c3ccc(-c4nc5ccccc5s4)cc3)nc(-c3cccc4sc5cccc(-c6nc7ccccc7s6)c5c34)n2)cc1. The Balaban J connectivity index is 1.16. The molecular formula is C41H23N5S3. The van der Waals surface area contributed by atoms with Crippen LogP contribution in [0, 0.1) is 0 Å². The van der Waals surface area contributed by atoms with Gasteiger partial charge in [0.15, 0.2) is 17.5 Å². The molecule has 10 aromatic rings. The number of para-hydroxylation sites is 2. The van der Waals surface area contributed by atoms with Gasteiger partial charge in [-0.05, 0) is 36.4 Å². The van der Waals surface area contributed by atoms with Gasteiger partial charge in [-0.1, -0.05) is 103 Å².